The zero-order valence-corrected chi connectivity index (χ0v) is 16.0. The fourth-order valence-electron chi connectivity index (χ4n) is 3.55. The van der Waals surface area contributed by atoms with E-state index < -0.39 is 0 Å². The second kappa shape index (κ2) is 6.64. The Morgan fingerprint density at radius 3 is 2.64 bits per heavy atom. The molecule has 0 aliphatic heterocycles. The van der Waals surface area contributed by atoms with Crippen molar-refractivity contribution in [2.75, 3.05) is 17.7 Å². The zero-order valence-electron chi connectivity index (χ0n) is 16.0. The van der Waals surface area contributed by atoms with Crippen molar-refractivity contribution >= 4 is 28.4 Å². The lowest BCUT2D eigenvalue weighted by molar-refractivity contribution is 0.772. The van der Waals surface area contributed by atoms with Crippen molar-refractivity contribution in [3.63, 3.8) is 0 Å². The lowest BCUT2D eigenvalue weighted by Crippen LogP contribution is -2.02. The fourth-order valence-corrected chi connectivity index (χ4v) is 3.55. The number of benzene rings is 2. The first-order chi connectivity index (χ1) is 13.7. The van der Waals surface area contributed by atoms with Crippen molar-refractivity contribution in [2.24, 2.45) is 0 Å². The van der Waals surface area contributed by atoms with Crippen LogP contribution in [0.15, 0.2) is 54.7 Å². The van der Waals surface area contributed by atoms with Gasteiger partial charge in [0.2, 0.25) is 5.95 Å². The van der Waals surface area contributed by atoms with Gasteiger partial charge in [-0.15, -0.1) is 0 Å². The average Bonchev–Trinajstić information content (AvgIpc) is 3.48. The van der Waals surface area contributed by atoms with Crippen LogP contribution in [0.4, 0.5) is 17.3 Å². The summed E-state index contributed by atoms with van der Waals surface area (Å²) in [5.74, 6) is 1.51. The van der Waals surface area contributed by atoms with E-state index in [2.05, 4.69) is 74.6 Å². The van der Waals surface area contributed by atoms with Crippen LogP contribution in [0.2, 0.25) is 0 Å². The van der Waals surface area contributed by atoms with E-state index in [1.165, 1.54) is 18.4 Å². The molecule has 0 atom stereocenters. The van der Waals surface area contributed by atoms with Crippen LogP contribution < -0.4 is 10.6 Å². The molecule has 28 heavy (non-hydrogen) atoms. The Kier molecular flexibility index (Phi) is 3.97. The van der Waals surface area contributed by atoms with Gasteiger partial charge >= 0.3 is 0 Å². The second-order valence-corrected chi connectivity index (χ2v) is 7.25. The van der Waals surface area contributed by atoms with Crippen LogP contribution in [0, 0.1) is 6.92 Å². The quantitative estimate of drug-likeness (QED) is 0.522. The number of rotatable bonds is 5. The molecule has 0 radical (unpaired) electrons. The first kappa shape index (κ1) is 16.7. The molecule has 2 heterocycles. The summed E-state index contributed by atoms with van der Waals surface area (Å²) in [6.45, 7) is 2.10. The fraction of sp³-hybridized carbons (Fsp3) is 0.227. The molecule has 1 saturated carbocycles. The average molecular weight is 370 g/mol. The van der Waals surface area contributed by atoms with Gasteiger partial charge in [0, 0.05) is 30.7 Å². The minimum Gasteiger partial charge on any atom is -0.357 e. The molecule has 2 N–H and O–H groups in total. The predicted molar refractivity (Wildman–Crippen MR) is 113 cm³/mol. The minimum atomic E-state index is 0.488. The highest BCUT2D eigenvalue weighted by Crippen LogP contribution is 2.41. The highest BCUT2D eigenvalue weighted by molar-refractivity contribution is 5.84. The summed E-state index contributed by atoms with van der Waals surface area (Å²) in [5, 5.41) is 6.52. The van der Waals surface area contributed by atoms with Crippen molar-refractivity contribution in [1.29, 1.82) is 0 Å². The van der Waals surface area contributed by atoms with Crippen LogP contribution in [0.1, 0.15) is 24.4 Å². The van der Waals surface area contributed by atoms with Gasteiger partial charge in [-0.1, -0.05) is 12.1 Å². The number of nitrogens with zero attached hydrogens (tertiary/aromatic N) is 4. The van der Waals surface area contributed by atoms with Crippen LogP contribution >= 0.6 is 0 Å². The van der Waals surface area contributed by atoms with E-state index in [0.29, 0.717) is 12.0 Å². The van der Waals surface area contributed by atoms with Crippen LogP contribution in [0.5, 0.6) is 0 Å². The molecule has 4 aromatic rings. The molecule has 140 valence electrons. The Hall–Kier alpha value is -3.41. The first-order valence-electron chi connectivity index (χ1n) is 9.58. The number of hydrogen-bond acceptors (Lipinski definition) is 5. The summed E-state index contributed by atoms with van der Waals surface area (Å²) in [6.07, 6.45) is 4.13. The second-order valence-electron chi connectivity index (χ2n) is 7.25. The first-order valence-corrected chi connectivity index (χ1v) is 9.58. The van der Waals surface area contributed by atoms with E-state index in [9.17, 15) is 0 Å². The highest BCUT2D eigenvalue weighted by Gasteiger charge is 2.29. The number of aryl methyl sites for hydroxylation is 1. The van der Waals surface area contributed by atoms with Crippen LogP contribution in [-0.2, 0) is 0 Å². The molecule has 2 aromatic carbocycles. The minimum absolute atomic E-state index is 0.488. The molecule has 0 spiro atoms. The molecule has 1 aliphatic carbocycles. The number of fused-ring (bicyclic) bond motifs is 1. The van der Waals surface area contributed by atoms with E-state index >= 15 is 0 Å². The Balaban J connectivity index is 1.60. The van der Waals surface area contributed by atoms with E-state index in [4.69, 9.17) is 4.98 Å². The number of imidazole rings is 1. The van der Waals surface area contributed by atoms with Gasteiger partial charge < -0.3 is 15.2 Å². The zero-order chi connectivity index (χ0) is 19.1. The monoisotopic (exact) mass is 370 g/mol. The van der Waals surface area contributed by atoms with Crippen LogP contribution in [0.25, 0.3) is 22.6 Å². The molecule has 6 heteroatoms. The van der Waals surface area contributed by atoms with Crippen molar-refractivity contribution < 1.29 is 0 Å². The third-order valence-electron chi connectivity index (χ3n) is 5.02. The summed E-state index contributed by atoms with van der Waals surface area (Å²) in [6, 6.07) is 17.2. The van der Waals surface area contributed by atoms with Gasteiger partial charge in [-0.3, -0.25) is 0 Å². The maximum absolute atomic E-state index is 4.90. The van der Waals surface area contributed by atoms with Crippen molar-refractivity contribution in [2.45, 2.75) is 25.8 Å². The third-order valence-corrected chi connectivity index (χ3v) is 5.02. The molecular formula is C22H22N6. The van der Waals surface area contributed by atoms with Crippen molar-refractivity contribution in [3.05, 3.63) is 60.3 Å². The van der Waals surface area contributed by atoms with Gasteiger partial charge in [0.25, 0.3) is 0 Å². The molecule has 0 unspecified atom stereocenters. The molecule has 0 bridgehead atoms. The van der Waals surface area contributed by atoms with Gasteiger partial charge in [-0.2, -0.15) is 0 Å². The summed E-state index contributed by atoms with van der Waals surface area (Å²) >= 11 is 0. The topological polar surface area (TPSA) is 67.7 Å². The van der Waals surface area contributed by atoms with Gasteiger partial charge in [0.1, 0.15) is 5.69 Å². The Morgan fingerprint density at radius 1 is 1.00 bits per heavy atom. The standard InChI is InChI=1S/C22H22N6/c1-14-4-3-5-15(12-14)25-16-6-9-18-20(13-16)28(17-7-8-17)21(26-18)19-10-11-24-22(23-2)27-19/h3-6,9-13,17,25H,7-8H2,1-2H3,(H,23,24,27). The molecule has 5 rings (SSSR count). The molecule has 0 amide bonds. The number of aromatic nitrogens is 4. The maximum atomic E-state index is 4.90. The Bertz CT molecular complexity index is 1160. The molecule has 1 fully saturated rings. The smallest absolute Gasteiger partial charge is 0.223 e. The Morgan fingerprint density at radius 2 is 1.86 bits per heavy atom. The van der Waals surface area contributed by atoms with E-state index in [1.807, 2.05) is 13.1 Å². The summed E-state index contributed by atoms with van der Waals surface area (Å²) < 4.78 is 2.33. The van der Waals surface area contributed by atoms with E-state index in [1.54, 1.807) is 6.20 Å². The lowest BCUT2D eigenvalue weighted by atomic mass is 10.2. The number of hydrogen-bond donors (Lipinski definition) is 2. The van der Waals surface area contributed by atoms with Crippen LogP contribution in [-0.4, -0.2) is 26.6 Å². The number of nitrogens with one attached hydrogen (secondary N) is 2. The molecular weight excluding hydrogens is 348 g/mol. The third kappa shape index (κ3) is 3.07. The van der Waals surface area contributed by atoms with Gasteiger partial charge in [0.05, 0.1) is 11.0 Å². The molecule has 0 saturated heterocycles. The molecule has 2 aromatic heterocycles. The summed E-state index contributed by atoms with van der Waals surface area (Å²) in [7, 11) is 1.83. The van der Waals surface area contributed by atoms with E-state index in [0.717, 1.165) is 33.9 Å². The van der Waals surface area contributed by atoms with Gasteiger partial charge in [-0.05, 0) is 61.7 Å². The molecule has 1 aliphatic rings. The van der Waals surface area contributed by atoms with Gasteiger partial charge in [-0.25, -0.2) is 15.0 Å². The highest BCUT2D eigenvalue weighted by atomic mass is 15.2. The maximum Gasteiger partial charge on any atom is 0.223 e. The summed E-state index contributed by atoms with van der Waals surface area (Å²) in [5.41, 5.74) is 6.36. The normalized spacial score (nSPS) is 13.6. The lowest BCUT2D eigenvalue weighted by Gasteiger charge is -2.10. The Labute approximate surface area is 163 Å². The SMILES string of the molecule is CNc1nccc(-c2nc3ccc(Nc4cccc(C)c4)cc3n2C2CC2)n1. The molecule has 6 nitrogen and oxygen atoms in total. The van der Waals surface area contributed by atoms with Crippen LogP contribution in [0.3, 0.4) is 0 Å². The van der Waals surface area contributed by atoms with Crippen molar-refractivity contribution in [1.82, 2.24) is 19.5 Å². The number of anilines is 3. The van der Waals surface area contributed by atoms with E-state index in [-0.39, 0.29) is 0 Å². The van der Waals surface area contributed by atoms with Crippen molar-refractivity contribution in [3.8, 4) is 11.5 Å². The predicted octanol–water partition coefficient (Wildman–Crippen LogP) is 4.92. The van der Waals surface area contributed by atoms with Gasteiger partial charge in [0.15, 0.2) is 5.82 Å². The largest absolute Gasteiger partial charge is 0.357 e. The summed E-state index contributed by atoms with van der Waals surface area (Å²) in [4.78, 5) is 13.7.